The average Bonchev–Trinajstić information content (AvgIpc) is 3.34. The summed E-state index contributed by atoms with van der Waals surface area (Å²) in [7, 11) is 0. The van der Waals surface area contributed by atoms with Crippen LogP contribution in [0.25, 0.3) is 0 Å². The molecule has 42 heavy (non-hydrogen) atoms. The molecule has 0 saturated heterocycles. The molecule has 2 fully saturated rings. The van der Waals surface area contributed by atoms with Crippen molar-refractivity contribution in [2.75, 3.05) is 6.61 Å². The Morgan fingerprint density at radius 3 is 2.17 bits per heavy atom. The third-order valence-electron chi connectivity index (χ3n) is 12.0. The summed E-state index contributed by atoms with van der Waals surface area (Å²) in [5, 5.41) is 47.4. The normalized spacial score (nSPS) is 39.8. The van der Waals surface area contributed by atoms with Gasteiger partial charge in [-0.25, -0.2) is 0 Å². The lowest BCUT2D eigenvalue weighted by Crippen LogP contribution is -2.66. The lowest BCUT2D eigenvalue weighted by molar-refractivity contribution is -0.216. The third-order valence-corrected chi connectivity index (χ3v) is 12.0. The first-order valence-electron chi connectivity index (χ1n) is 16.5. The van der Waals surface area contributed by atoms with E-state index in [0.717, 1.165) is 19.3 Å². The van der Waals surface area contributed by atoms with Crippen LogP contribution >= 0.6 is 0 Å². The molecule has 0 radical (unpaired) electrons. The van der Waals surface area contributed by atoms with Crippen molar-refractivity contribution in [1.29, 1.82) is 0 Å². The Morgan fingerprint density at radius 2 is 1.57 bits per heavy atom. The van der Waals surface area contributed by atoms with Crippen molar-refractivity contribution in [3.05, 3.63) is 23.3 Å². The highest BCUT2D eigenvalue weighted by Crippen LogP contribution is 2.80. The molecule has 4 N–H and O–H groups in total. The topological polar surface area (TPSA) is 124 Å². The van der Waals surface area contributed by atoms with Crippen molar-refractivity contribution in [2.45, 2.75) is 143 Å². The van der Waals surface area contributed by atoms with Gasteiger partial charge in [-0.1, -0.05) is 91.2 Å². The van der Waals surface area contributed by atoms with Gasteiger partial charge in [-0.15, -0.1) is 0 Å². The fourth-order valence-corrected chi connectivity index (χ4v) is 9.74. The van der Waals surface area contributed by atoms with Crippen molar-refractivity contribution in [3.8, 4) is 0 Å². The molecule has 4 aliphatic rings. The van der Waals surface area contributed by atoms with Crippen LogP contribution in [0.15, 0.2) is 23.3 Å². The van der Waals surface area contributed by atoms with E-state index in [-0.39, 0.29) is 40.6 Å². The molecule has 0 aliphatic heterocycles. The molecular weight excluding hydrogens is 532 g/mol. The Balaban J connectivity index is 1.57. The first-order valence-corrected chi connectivity index (χ1v) is 16.5. The summed E-state index contributed by atoms with van der Waals surface area (Å²) in [4.78, 5) is 25.2. The highest BCUT2D eigenvalue weighted by molar-refractivity contribution is 5.80. The summed E-state index contributed by atoms with van der Waals surface area (Å²) in [6.07, 6.45) is 11.9. The van der Waals surface area contributed by atoms with Gasteiger partial charge >= 0.3 is 5.97 Å². The SMILES string of the molecule is CCCCCCCCCCCC(=O)C[C@@]12C[C@@H](C)[C@]34C=C(C)[C@H](O)[C@@]3(O)[C@H](O)C(COC(C)=O)=C[C@H](C4O)[C@@H]1C2(C)C. The van der Waals surface area contributed by atoms with Crippen LogP contribution in [0.1, 0.15) is 119 Å². The van der Waals surface area contributed by atoms with Crippen LogP contribution in [0.3, 0.4) is 0 Å². The molecule has 7 heteroatoms. The van der Waals surface area contributed by atoms with Crippen molar-refractivity contribution in [2.24, 2.45) is 34.0 Å². The Kier molecular flexibility index (Phi) is 9.89. The van der Waals surface area contributed by atoms with Gasteiger partial charge in [-0.05, 0) is 53.6 Å². The predicted octanol–water partition coefficient (Wildman–Crippen LogP) is 5.43. The van der Waals surface area contributed by atoms with E-state index in [4.69, 9.17) is 4.74 Å². The fourth-order valence-electron chi connectivity index (χ4n) is 9.74. The van der Waals surface area contributed by atoms with E-state index in [1.54, 1.807) is 19.1 Å². The number of rotatable bonds is 14. The summed E-state index contributed by atoms with van der Waals surface area (Å²) < 4.78 is 5.28. The van der Waals surface area contributed by atoms with Gasteiger partial charge in [-0.2, -0.15) is 0 Å². The van der Waals surface area contributed by atoms with Crippen LogP contribution in [-0.2, 0) is 14.3 Å². The minimum absolute atomic E-state index is 0.0674. The van der Waals surface area contributed by atoms with E-state index in [9.17, 15) is 30.0 Å². The molecular formula is C35H56O7. The standard InChI is InChI=1S/C35H56O7/c1-7-8-9-10-11-12-13-14-15-16-26(37)20-33-19-23(3)34-18-22(2)29(38)35(34,41)30(39)25(21-42-24(4)36)17-27(31(34)40)28(33)32(33,5)6/h17-18,23,27-31,38-41H,7-16,19-21H2,1-6H3/t23-,27+,28-,29+,30-,31?,33+,34+,35-/m1/s1. The van der Waals surface area contributed by atoms with E-state index in [2.05, 4.69) is 20.8 Å². The lowest BCUT2D eigenvalue weighted by Gasteiger charge is -2.52. The summed E-state index contributed by atoms with van der Waals surface area (Å²) in [6, 6.07) is 0. The van der Waals surface area contributed by atoms with Gasteiger partial charge in [0.05, 0.1) is 11.5 Å². The molecule has 2 bridgehead atoms. The van der Waals surface area contributed by atoms with Crippen LogP contribution in [0.4, 0.5) is 0 Å². The number of carbonyl (C=O) groups is 2. The lowest BCUT2D eigenvalue weighted by atomic mass is 9.57. The first-order chi connectivity index (χ1) is 19.7. The number of unbranched alkanes of at least 4 members (excludes halogenated alkanes) is 8. The maximum absolute atomic E-state index is 13.5. The zero-order valence-corrected chi connectivity index (χ0v) is 26.8. The minimum atomic E-state index is -2.10. The monoisotopic (exact) mass is 588 g/mol. The van der Waals surface area contributed by atoms with Crippen molar-refractivity contribution in [3.63, 3.8) is 0 Å². The summed E-state index contributed by atoms with van der Waals surface area (Å²) >= 11 is 0. The van der Waals surface area contributed by atoms with Crippen molar-refractivity contribution >= 4 is 11.8 Å². The van der Waals surface area contributed by atoms with Gasteiger partial charge in [0.1, 0.15) is 30.2 Å². The molecule has 0 aromatic rings. The van der Waals surface area contributed by atoms with Gasteiger partial charge in [0.2, 0.25) is 0 Å². The van der Waals surface area contributed by atoms with E-state index in [1.807, 2.05) is 6.92 Å². The van der Waals surface area contributed by atoms with E-state index in [0.29, 0.717) is 24.8 Å². The molecule has 0 amide bonds. The summed E-state index contributed by atoms with van der Waals surface area (Å²) in [5.41, 5.74) is -3.27. The van der Waals surface area contributed by atoms with E-state index in [1.165, 1.54) is 45.4 Å². The molecule has 9 atom stereocenters. The molecule has 0 aromatic carbocycles. The van der Waals surface area contributed by atoms with Crippen LogP contribution in [0.2, 0.25) is 0 Å². The van der Waals surface area contributed by atoms with Gasteiger partial charge in [-0.3, -0.25) is 9.59 Å². The minimum Gasteiger partial charge on any atom is -0.461 e. The molecule has 238 valence electrons. The molecule has 1 spiro atoms. The number of ketones is 1. The van der Waals surface area contributed by atoms with Crippen LogP contribution in [-0.4, -0.2) is 62.7 Å². The van der Waals surface area contributed by atoms with E-state index < -0.39 is 41.2 Å². The Bertz CT molecular complexity index is 1080. The molecule has 1 unspecified atom stereocenters. The fraction of sp³-hybridized carbons (Fsp3) is 0.829. The number of ether oxygens (including phenoxy) is 1. The van der Waals surface area contributed by atoms with Gasteiger partial charge in [0, 0.05) is 25.7 Å². The highest BCUT2D eigenvalue weighted by atomic mass is 16.5. The molecule has 2 saturated carbocycles. The maximum Gasteiger partial charge on any atom is 0.302 e. The van der Waals surface area contributed by atoms with Crippen molar-refractivity contribution < 1.29 is 34.8 Å². The Hall–Kier alpha value is -1.54. The molecule has 4 rings (SSSR count). The third kappa shape index (κ3) is 5.24. The van der Waals surface area contributed by atoms with Crippen LogP contribution < -0.4 is 0 Å². The number of Topliss-reactive ketones (excluding diaryl/α,β-unsaturated/α-hetero) is 1. The molecule has 7 nitrogen and oxygen atoms in total. The summed E-state index contributed by atoms with van der Waals surface area (Å²) in [5.74, 6) is -1.17. The second-order valence-electron chi connectivity index (χ2n) is 14.8. The number of carbonyl (C=O) groups excluding carboxylic acids is 2. The van der Waals surface area contributed by atoms with Gasteiger partial charge in [0.25, 0.3) is 0 Å². The zero-order valence-electron chi connectivity index (χ0n) is 26.8. The molecule has 0 heterocycles. The second kappa shape index (κ2) is 12.5. The zero-order chi connectivity index (χ0) is 31.1. The quantitative estimate of drug-likeness (QED) is 0.121. The number of aliphatic hydroxyl groups excluding tert-OH is 3. The number of fused-ring (bicyclic) bond motifs is 3. The Labute approximate surface area is 252 Å². The number of esters is 1. The summed E-state index contributed by atoms with van der Waals surface area (Å²) in [6.45, 7) is 11.3. The number of aliphatic hydroxyl groups is 4. The average molecular weight is 589 g/mol. The Morgan fingerprint density at radius 1 is 0.976 bits per heavy atom. The van der Waals surface area contributed by atoms with Crippen LogP contribution in [0, 0.1) is 34.0 Å². The predicted molar refractivity (Wildman–Crippen MR) is 162 cm³/mol. The maximum atomic E-state index is 13.5. The second-order valence-corrected chi connectivity index (χ2v) is 14.8. The number of hydrogen-bond acceptors (Lipinski definition) is 7. The smallest absolute Gasteiger partial charge is 0.302 e. The van der Waals surface area contributed by atoms with E-state index >= 15 is 0 Å². The van der Waals surface area contributed by atoms with Gasteiger partial charge in [0.15, 0.2) is 0 Å². The highest BCUT2D eigenvalue weighted by Gasteiger charge is 2.80. The molecule has 4 aliphatic carbocycles. The first kappa shape index (κ1) is 33.4. The van der Waals surface area contributed by atoms with Crippen molar-refractivity contribution in [1.82, 2.24) is 0 Å². The molecule has 0 aromatic heterocycles. The largest absolute Gasteiger partial charge is 0.461 e. The van der Waals surface area contributed by atoms with Gasteiger partial charge < -0.3 is 25.2 Å². The number of hydrogen-bond donors (Lipinski definition) is 4. The van der Waals surface area contributed by atoms with Crippen LogP contribution in [0.5, 0.6) is 0 Å².